The predicted octanol–water partition coefficient (Wildman–Crippen LogP) is 2.85. The van der Waals surface area contributed by atoms with Crippen molar-refractivity contribution in [1.82, 2.24) is 9.97 Å². The minimum absolute atomic E-state index is 0.0929. The van der Waals surface area contributed by atoms with E-state index in [-0.39, 0.29) is 22.8 Å². The summed E-state index contributed by atoms with van der Waals surface area (Å²) in [6, 6.07) is 7.77. The molecule has 20 heavy (non-hydrogen) atoms. The molecule has 0 radical (unpaired) electrons. The first-order valence-electron chi connectivity index (χ1n) is 6.32. The van der Waals surface area contributed by atoms with E-state index in [0.717, 1.165) is 0 Å². The maximum absolute atomic E-state index is 7.45. The summed E-state index contributed by atoms with van der Waals surface area (Å²) in [6.07, 6.45) is 2.98. The van der Waals surface area contributed by atoms with Gasteiger partial charge in [0, 0.05) is 12.4 Å². The van der Waals surface area contributed by atoms with Crippen molar-refractivity contribution >= 4 is 5.84 Å². The SMILES string of the molecule is CC(C)(C)c1ccc(Oc2nccnc2C(=N)N)cc1. The van der Waals surface area contributed by atoms with E-state index >= 15 is 0 Å². The fraction of sp³-hybridized carbons (Fsp3) is 0.267. The van der Waals surface area contributed by atoms with Gasteiger partial charge in [-0.3, -0.25) is 5.41 Å². The first-order chi connectivity index (χ1) is 9.38. The molecule has 1 aromatic heterocycles. The Labute approximate surface area is 118 Å². The molecule has 0 aliphatic carbocycles. The monoisotopic (exact) mass is 270 g/mol. The molecule has 0 saturated carbocycles. The van der Waals surface area contributed by atoms with Gasteiger partial charge in [-0.1, -0.05) is 32.9 Å². The van der Waals surface area contributed by atoms with Gasteiger partial charge in [0.05, 0.1) is 0 Å². The zero-order valence-electron chi connectivity index (χ0n) is 11.8. The Kier molecular flexibility index (Phi) is 3.70. The van der Waals surface area contributed by atoms with E-state index in [1.54, 1.807) is 0 Å². The highest BCUT2D eigenvalue weighted by atomic mass is 16.5. The van der Waals surface area contributed by atoms with Gasteiger partial charge in [-0.05, 0) is 23.1 Å². The van der Waals surface area contributed by atoms with Crippen LogP contribution in [0.5, 0.6) is 11.6 Å². The van der Waals surface area contributed by atoms with Gasteiger partial charge in [0.2, 0.25) is 5.88 Å². The summed E-state index contributed by atoms with van der Waals surface area (Å²) in [7, 11) is 0. The number of amidine groups is 1. The van der Waals surface area contributed by atoms with Gasteiger partial charge in [0.15, 0.2) is 5.69 Å². The normalized spacial score (nSPS) is 11.2. The van der Waals surface area contributed by atoms with Crippen molar-refractivity contribution < 1.29 is 4.74 Å². The van der Waals surface area contributed by atoms with Gasteiger partial charge in [-0.2, -0.15) is 0 Å². The van der Waals surface area contributed by atoms with Gasteiger partial charge in [-0.25, -0.2) is 9.97 Å². The van der Waals surface area contributed by atoms with Crippen molar-refractivity contribution in [3.05, 3.63) is 47.9 Å². The first kappa shape index (κ1) is 14.0. The average molecular weight is 270 g/mol. The van der Waals surface area contributed by atoms with Gasteiger partial charge in [0.25, 0.3) is 0 Å². The average Bonchev–Trinajstić information content (AvgIpc) is 2.38. The van der Waals surface area contributed by atoms with Crippen LogP contribution in [0.3, 0.4) is 0 Å². The third-order valence-corrected chi connectivity index (χ3v) is 2.85. The Morgan fingerprint density at radius 1 is 1.10 bits per heavy atom. The zero-order chi connectivity index (χ0) is 14.8. The second-order valence-corrected chi connectivity index (χ2v) is 5.50. The Morgan fingerprint density at radius 2 is 1.70 bits per heavy atom. The van der Waals surface area contributed by atoms with E-state index in [9.17, 15) is 0 Å². The lowest BCUT2D eigenvalue weighted by atomic mass is 9.87. The van der Waals surface area contributed by atoms with E-state index in [1.165, 1.54) is 18.0 Å². The van der Waals surface area contributed by atoms with Crippen LogP contribution < -0.4 is 10.5 Å². The topological polar surface area (TPSA) is 84.9 Å². The molecule has 2 rings (SSSR count). The highest BCUT2D eigenvalue weighted by Gasteiger charge is 2.14. The molecule has 0 saturated heterocycles. The maximum Gasteiger partial charge on any atom is 0.249 e. The lowest BCUT2D eigenvalue weighted by Gasteiger charge is -2.19. The first-order valence-corrected chi connectivity index (χ1v) is 6.32. The van der Waals surface area contributed by atoms with Crippen LogP contribution in [0.2, 0.25) is 0 Å². The van der Waals surface area contributed by atoms with Gasteiger partial charge >= 0.3 is 0 Å². The summed E-state index contributed by atoms with van der Waals surface area (Å²) in [5.41, 5.74) is 7.00. The number of hydrogen-bond acceptors (Lipinski definition) is 4. The van der Waals surface area contributed by atoms with Crippen LogP contribution in [0, 0.1) is 5.41 Å². The number of hydrogen-bond donors (Lipinski definition) is 2. The third-order valence-electron chi connectivity index (χ3n) is 2.85. The Bertz CT molecular complexity index is 615. The van der Waals surface area contributed by atoms with Crippen LogP contribution in [0.25, 0.3) is 0 Å². The van der Waals surface area contributed by atoms with Crippen LogP contribution in [0.15, 0.2) is 36.7 Å². The molecule has 3 N–H and O–H groups in total. The number of benzene rings is 1. The van der Waals surface area contributed by atoms with E-state index in [1.807, 2.05) is 24.3 Å². The van der Waals surface area contributed by atoms with Crippen molar-refractivity contribution in [3.8, 4) is 11.6 Å². The molecule has 0 amide bonds. The quantitative estimate of drug-likeness (QED) is 0.663. The summed E-state index contributed by atoms with van der Waals surface area (Å²) in [5.74, 6) is 0.712. The van der Waals surface area contributed by atoms with E-state index < -0.39 is 0 Å². The standard InChI is InChI=1S/C15H18N4O/c1-15(2,3)10-4-6-11(7-5-10)20-14-12(13(16)17)18-8-9-19-14/h4-9H,1-3H3,(H3,16,17). The van der Waals surface area contributed by atoms with Crippen molar-refractivity contribution in [2.45, 2.75) is 26.2 Å². The van der Waals surface area contributed by atoms with E-state index in [2.05, 4.69) is 30.7 Å². The number of aromatic nitrogens is 2. The molecule has 0 fully saturated rings. The fourth-order valence-electron chi connectivity index (χ4n) is 1.72. The number of nitrogens with one attached hydrogen (secondary N) is 1. The molecular formula is C15H18N4O. The molecule has 0 aliphatic heterocycles. The minimum Gasteiger partial charge on any atom is -0.437 e. The minimum atomic E-state index is -0.167. The second-order valence-electron chi connectivity index (χ2n) is 5.50. The molecule has 0 unspecified atom stereocenters. The van der Waals surface area contributed by atoms with E-state index in [0.29, 0.717) is 5.75 Å². The summed E-state index contributed by atoms with van der Waals surface area (Å²) in [5, 5.41) is 7.45. The summed E-state index contributed by atoms with van der Waals surface area (Å²) in [4.78, 5) is 8.05. The Balaban J connectivity index is 2.25. The fourth-order valence-corrected chi connectivity index (χ4v) is 1.72. The number of nitrogens with two attached hydrogens (primary N) is 1. The molecule has 104 valence electrons. The molecule has 0 atom stereocenters. The van der Waals surface area contributed by atoms with Crippen molar-refractivity contribution in [3.63, 3.8) is 0 Å². The van der Waals surface area contributed by atoms with Gasteiger partial charge < -0.3 is 10.5 Å². The van der Waals surface area contributed by atoms with E-state index in [4.69, 9.17) is 15.9 Å². The lowest BCUT2D eigenvalue weighted by molar-refractivity contribution is 0.457. The number of nitrogen functional groups attached to an aromatic ring is 1. The molecule has 5 heteroatoms. The smallest absolute Gasteiger partial charge is 0.249 e. The molecule has 5 nitrogen and oxygen atoms in total. The number of rotatable bonds is 3. The Morgan fingerprint density at radius 3 is 2.25 bits per heavy atom. The molecule has 0 spiro atoms. The predicted molar refractivity (Wildman–Crippen MR) is 78.3 cm³/mol. The van der Waals surface area contributed by atoms with Crippen LogP contribution in [-0.4, -0.2) is 15.8 Å². The highest BCUT2D eigenvalue weighted by Crippen LogP contribution is 2.26. The lowest BCUT2D eigenvalue weighted by Crippen LogP contribution is -2.15. The van der Waals surface area contributed by atoms with Crippen LogP contribution >= 0.6 is 0 Å². The highest BCUT2D eigenvalue weighted by molar-refractivity contribution is 5.95. The maximum atomic E-state index is 7.45. The summed E-state index contributed by atoms with van der Waals surface area (Å²) >= 11 is 0. The second kappa shape index (κ2) is 5.28. The summed E-state index contributed by atoms with van der Waals surface area (Å²) in [6.45, 7) is 6.46. The molecule has 2 aromatic rings. The number of nitrogens with zero attached hydrogens (tertiary/aromatic N) is 2. The van der Waals surface area contributed by atoms with Crippen LogP contribution in [0.4, 0.5) is 0 Å². The Hall–Kier alpha value is -2.43. The largest absolute Gasteiger partial charge is 0.437 e. The number of ether oxygens (including phenoxy) is 1. The van der Waals surface area contributed by atoms with Crippen LogP contribution in [0.1, 0.15) is 32.0 Å². The molecule has 0 bridgehead atoms. The van der Waals surface area contributed by atoms with Crippen molar-refractivity contribution in [2.75, 3.05) is 0 Å². The zero-order valence-corrected chi connectivity index (χ0v) is 11.8. The molecular weight excluding hydrogens is 252 g/mol. The third kappa shape index (κ3) is 3.12. The van der Waals surface area contributed by atoms with Crippen molar-refractivity contribution in [1.29, 1.82) is 5.41 Å². The molecule has 1 aromatic carbocycles. The van der Waals surface area contributed by atoms with Gasteiger partial charge in [0.1, 0.15) is 11.6 Å². The summed E-state index contributed by atoms with van der Waals surface area (Å²) < 4.78 is 5.64. The van der Waals surface area contributed by atoms with Crippen LogP contribution in [-0.2, 0) is 5.41 Å². The molecule has 0 aliphatic rings. The molecule has 1 heterocycles. The van der Waals surface area contributed by atoms with Gasteiger partial charge in [-0.15, -0.1) is 0 Å². The van der Waals surface area contributed by atoms with Crippen molar-refractivity contribution in [2.24, 2.45) is 5.73 Å².